The number of hydrogen-bond donors (Lipinski definition) is 1. The van der Waals surface area contributed by atoms with Crippen LogP contribution in [0.15, 0.2) is 125 Å². The number of nitrogens with one attached hydrogen (secondary N) is 1. The van der Waals surface area contributed by atoms with E-state index < -0.39 is 21.6 Å². The number of nitrogens with zero attached hydrogens (tertiary/aromatic N) is 3. The number of sulfonamides is 1. The van der Waals surface area contributed by atoms with Gasteiger partial charge in [0.25, 0.3) is 0 Å². The molecule has 0 unspecified atom stereocenters. The van der Waals surface area contributed by atoms with Gasteiger partial charge in [0.15, 0.2) is 0 Å². The lowest BCUT2D eigenvalue weighted by Gasteiger charge is -2.38. The van der Waals surface area contributed by atoms with Crippen LogP contribution < -0.4 is 4.72 Å². The Morgan fingerprint density at radius 3 is 1.71 bits per heavy atom. The number of aryl methyl sites for hydroxylation is 1. The van der Waals surface area contributed by atoms with Crippen molar-refractivity contribution < 1.29 is 8.42 Å². The molecule has 6 nitrogen and oxygen atoms in total. The Kier molecular flexibility index (Phi) is 6.80. The van der Waals surface area contributed by atoms with Gasteiger partial charge >= 0.3 is 0 Å². The molecule has 0 bridgehead atoms. The van der Waals surface area contributed by atoms with E-state index in [-0.39, 0.29) is 4.90 Å². The molecule has 170 valence electrons. The molecule has 0 heterocycles. The summed E-state index contributed by atoms with van der Waals surface area (Å²) in [5, 5.41) is 4.32. The first-order valence-corrected chi connectivity index (χ1v) is 12.3. The van der Waals surface area contributed by atoms with Crippen LogP contribution in [0.5, 0.6) is 0 Å². The van der Waals surface area contributed by atoms with Gasteiger partial charge in [-0.1, -0.05) is 114 Å². The molecule has 0 aliphatic carbocycles. The largest absolute Gasteiger partial charge is 0.241 e. The Bertz CT molecular complexity index is 1350. The van der Waals surface area contributed by atoms with E-state index in [4.69, 9.17) is 0 Å². The minimum absolute atomic E-state index is 0.134. The number of hydrogen-bond acceptors (Lipinski definition) is 3. The fourth-order valence-corrected chi connectivity index (χ4v) is 5.36. The number of rotatable bonds is 8. The summed E-state index contributed by atoms with van der Waals surface area (Å²) in [5.74, 6) is 0. The number of benzene rings is 4. The van der Waals surface area contributed by atoms with E-state index in [0.29, 0.717) is 16.7 Å². The van der Waals surface area contributed by atoms with Gasteiger partial charge in [-0.3, -0.25) is 0 Å². The first kappa shape index (κ1) is 23.3. The molecule has 0 radical (unpaired) electrons. The van der Waals surface area contributed by atoms with E-state index in [9.17, 15) is 13.9 Å². The molecule has 0 amide bonds. The van der Waals surface area contributed by atoms with Crippen LogP contribution in [0.3, 0.4) is 0 Å². The summed E-state index contributed by atoms with van der Waals surface area (Å²) in [7, 11) is -3.98. The Labute approximate surface area is 199 Å². The van der Waals surface area contributed by atoms with Crippen molar-refractivity contribution in [3.8, 4) is 0 Å². The maximum Gasteiger partial charge on any atom is 0.241 e. The minimum Gasteiger partial charge on any atom is -0.207 e. The fraction of sp³-hybridized carbons (Fsp3) is 0.111. The molecule has 0 aliphatic rings. The van der Waals surface area contributed by atoms with Gasteiger partial charge in [0.05, 0.1) is 10.9 Å². The van der Waals surface area contributed by atoms with Gasteiger partial charge in [-0.2, -0.15) is 0 Å². The zero-order chi connectivity index (χ0) is 24.0. The SMILES string of the molecule is Cc1ccc(S(=O)(=O)N[C@@H](c2ccccc2)C(N=[N+]=[N-])(c2ccccc2)c2ccccc2)cc1. The maximum atomic E-state index is 13.6. The van der Waals surface area contributed by atoms with Gasteiger partial charge < -0.3 is 0 Å². The molecule has 4 rings (SSSR count). The standard InChI is InChI=1S/C27H24N4O2S/c1-21-17-19-25(20-18-21)34(32,33)29-26(22-11-5-2-6-12-22)27(30-31-28,23-13-7-3-8-14-23)24-15-9-4-10-16-24/h2-20,26,29H,1H3/t26-/m0/s1. The molecule has 4 aromatic rings. The van der Waals surface area contributed by atoms with Crippen LogP contribution in [-0.2, 0) is 15.6 Å². The van der Waals surface area contributed by atoms with Crippen molar-refractivity contribution in [3.05, 3.63) is 148 Å². The van der Waals surface area contributed by atoms with Crippen molar-refractivity contribution >= 4 is 10.0 Å². The van der Waals surface area contributed by atoms with Crippen molar-refractivity contribution in [2.45, 2.75) is 23.4 Å². The lowest BCUT2D eigenvalue weighted by atomic mass is 9.75. The molecule has 0 spiro atoms. The predicted molar refractivity (Wildman–Crippen MR) is 133 cm³/mol. The average Bonchev–Trinajstić information content (AvgIpc) is 2.88. The van der Waals surface area contributed by atoms with Crippen molar-refractivity contribution in [1.82, 2.24) is 4.72 Å². The highest BCUT2D eigenvalue weighted by molar-refractivity contribution is 7.89. The summed E-state index contributed by atoms with van der Waals surface area (Å²) >= 11 is 0. The van der Waals surface area contributed by atoms with Crippen LogP contribution in [0.25, 0.3) is 10.4 Å². The summed E-state index contributed by atoms with van der Waals surface area (Å²) in [6.07, 6.45) is 0. The molecule has 0 fully saturated rings. The van der Waals surface area contributed by atoms with Crippen LogP contribution in [0.1, 0.15) is 28.3 Å². The van der Waals surface area contributed by atoms with Crippen molar-refractivity contribution in [3.63, 3.8) is 0 Å². The summed E-state index contributed by atoms with van der Waals surface area (Å²) in [4.78, 5) is 3.35. The quantitative estimate of drug-likeness (QED) is 0.187. The zero-order valence-electron chi connectivity index (χ0n) is 18.6. The molecular formula is C27H24N4O2S. The second-order valence-electron chi connectivity index (χ2n) is 7.97. The third-order valence-corrected chi connectivity index (χ3v) is 7.22. The van der Waals surface area contributed by atoms with Gasteiger partial charge in [0, 0.05) is 4.91 Å². The normalized spacial score (nSPS) is 12.5. The summed E-state index contributed by atoms with van der Waals surface area (Å²) in [6.45, 7) is 1.90. The lowest BCUT2D eigenvalue weighted by Crippen LogP contribution is -2.43. The molecule has 34 heavy (non-hydrogen) atoms. The van der Waals surface area contributed by atoms with Gasteiger partial charge in [0.1, 0.15) is 5.54 Å². The van der Waals surface area contributed by atoms with Crippen LogP contribution in [-0.4, -0.2) is 8.42 Å². The Morgan fingerprint density at radius 2 is 1.24 bits per heavy atom. The van der Waals surface area contributed by atoms with Crippen molar-refractivity contribution in [2.75, 3.05) is 0 Å². The van der Waals surface area contributed by atoms with E-state index in [0.717, 1.165) is 5.56 Å². The Balaban J connectivity index is 2.00. The fourth-order valence-electron chi connectivity index (χ4n) is 4.11. The van der Waals surface area contributed by atoms with Gasteiger partial charge in [-0.15, -0.1) is 0 Å². The molecule has 0 saturated carbocycles. The van der Waals surface area contributed by atoms with Crippen LogP contribution in [0, 0.1) is 6.92 Å². The molecule has 0 aromatic heterocycles. The Hall–Kier alpha value is -3.90. The molecule has 4 aromatic carbocycles. The minimum atomic E-state index is -3.98. The Morgan fingerprint density at radius 1 is 0.765 bits per heavy atom. The van der Waals surface area contributed by atoms with E-state index in [1.54, 1.807) is 24.3 Å². The van der Waals surface area contributed by atoms with E-state index in [2.05, 4.69) is 14.7 Å². The molecule has 0 aliphatic heterocycles. The topological polar surface area (TPSA) is 94.9 Å². The molecule has 0 saturated heterocycles. The highest BCUT2D eigenvalue weighted by atomic mass is 32.2. The zero-order valence-corrected chi connectivity index (χ0v) is 19.4. The highest BCUT2D eigenvalue weighted by Gasteiger charge is 2.44. The monoisotopic (exact) mass is 468 g/mol. The maximum absolute atomic E-state index is 13.6. The van der Waals surface area contributed by atoms with Gasteiger partial charge in [0.2, 0.25) is 10.0 Å². The van der Waals surface area contributed by atoms with Gasteiger partial charge in [-0.05, 0) is 41.3 Å². The lowest BCUT2D eigenvalue weighted by molar-refractivity contribution is 0.398. The van der Waals surface area contributed by atoms with E-state index >= 15 is 0 Å². The van der Waals surface area contributed by atoms with Gasteiger partial charge in [-0.25, -0.2) is 13.1 Å². The smallest absolute Gasteiger partial charge is 0.207 e. The van der Waals surface area contributed by atoms with E-state index in [1.165, 1.54) is 0 Å². The summed E-state index contributed by atoms with van der Waals surface area (Å²) in [6, 6.07) is 33.4. The highest BCUT2D eigenvalue weighted by Crippen LogP contribution is 2.45. The van der Waals surface area contributed by atoms with Crippen molar-refractivity contribution in [2.24, 2.45) is 5.11 Å². The molecular weight excluding hydrogens is 444 g/mol. The third-order valence-electron chi connectivity index (χ3n) is 5.79. The first-order chi connectivity index (χ1) is 16.5. The summed E-state index contributed by atoms with van der Waals surface area (Å²) in [5.41, 5.74) is 11.3. The average molecular weight is 469 g/mol. The first-order valence-electron chi connectivity index (χ1n) is 10.8. The van der Waals surface area contributed by atoms with E-state index in [1.807, 2.05) is 97.9 Å². The van der Waals surface area contributed by atoms with Crippen LogP contribution in [0.4, 0.5) is 0 Å². The predicted octanol–water partition coefficient (Wildman–Crippen LogP) is 6.27. The molecule has 1 atom stereocenters. The summed E-state index contributed by atoms with van der Waals surface area (Å²) < 4.78 is 30.1. The number of azide groups is 1. The molecule has 7 heteroatoms. The molecule has 1 N–H and O–H groups in total. The van der Waals surface area contributed by atoms with Crippen LogP contribution in [0.2, 0.25) is 0 Å². The second kappa shape index (κ2) is 9.93. The van der Waals surface area contributed by atoms with Crippen molar-refractivity contribution in [1.29, 1.82) is 0 Å². The van der Waals surface area contributed by atoms with Crippen LogP contribution >= 0.6 is 0 Å². The third kappa shape index (κ3) is 4.58. The second-order valence-corrected chi connectivity index (χ2v) is 9.68.